The summed E-state index contributed by atoms with van der Waals surface area (Å²) in [6.07, 6.45) is -1.38. The van der Waals surface area contributed by atoms with Crippen LogP contribution in [0.4, 0.5) is 5.82 Å². The summed E-state index contributed by atoms with van der Waals surface area (Å²) in [6.45, 7) is -0.302. The van der Waals surface area contributed by atoms with Gasteiger partial charge >= 0.3 is 17.9 Å². The zero-order valence-corrected chi connectivity index (χ0v) is 25.1. The monoisotopic (exact) mass is 704 g/mol. The topological polar surface area (TPSA) is 145 Å². The number of halogens is 1. The molecule has 3 aromatic carbocycles. The van der Waals surface area contributed by atoms with Crippen molar-refractivity contribution < 1.29 is 33.3 Å². The summed E-state index contributed by atoms with van der Waals surface area (Å²) < 4.78 is 26.4. The Labute approximate surface area is 265 Å². The van der Waals surface area contributed by atoms with Crippen molar-refractivity contribution >= 4 is 57.4 Å². The molecule has 1 aliphatic heterocycles. The molecule has 6 rings (SSSR count). The van der Waals surface area contributed by atoms with Gasteiger partial charge in [-0.3, -0.25) is 0 Å². The molecule has 4 atom stereocenters. The van der Waals surface area contributed by atoms with Crippen LogP contribution in [0.3, 0.4) is 0 Å². The highest BCUT2D eigenvalue weighted by molar-refractivity contribution is 14.1. The highest BCUT2D eigenvalue weighted by atomic mass is 127. The third-order valence-electron chi connectivity index (χ3n) is 7.05. The standard InChI is InChI=1S/C32H25IN4O7/c33-22-16-37(28-24(22)27(34)35-18-36-28)29-26(44-32(40)21-14-8-3-9-15-21)25(43-31(39)20-12-6-2-7-13-20)23(42-29)17-41-30(38)19-10-4-1-5-11-19/h1-16,18,23,25-26,29H,17H2,(H2,34,35,36)/t23-,25-,26-,29-/m1/s1. The SMILES string of the molecule is Nc1ncnc2c1c(I)cn2[C@@H]1O[C@H](COC(=O)c2ccccc2)[C@@H](OC(=O)c2ccccc2)[C@H]1OC(=O)c1ccccc1. The van der Waals surface area contributed by atoms with Crippen molar-refractivity contribution in [3.05, 3.63) is 124 Å². The van der Waals surface area contributed by atoms with E-state index >= 15 is 0 Å². The molecule has 0 saturated carbocycles. The number of ether oxygens (including phenoxy) is 4. The average molecular weight is 704 g/mol. The minimum absolute atomic E-state index is 0.259. The van der Waals surface area contributed by atoms with Gasteiger partial charge in [-0.25, -0.2) is 24.4 Å². The Morgan fingerprint density at radius 3 is 1.86 bits per heavy atom. The van der Waals surface area contributed by atoms with Crippen LogP contribution in [0.1, 0.15) is 37.3 Å². The van der Waals surface area contributed by atoms with Crippen LogP contribution in [-0.2, 0) is 18.9 Å². The molecule has 0 radical (unpaired) electrons. The van der Waals surface area contributed by atoms with Gasteiger partial charge in [0.15, 0.2) is 18.4 Å². The first-order valence-corrected chi connectivity index (χ1v) is 14.6. The lowest BCUT2D eigenvalue weighted by Crippen LogP contribution is -2.41. The van der Waals surface area contributed by atoms with E-state index in [0.717, 1.165) is 3.57 Å². The number of hydrogen-bond donors (Lipinski definition) is 1. The molecule has 0 aliphatic carbocycles. The summed E-state index contributed by atoms with van der Waals surface area (Å²) in [5.74, 6) is -1.66. The molecular formula is C32H25IN4O7. The molecule has 44 heavy (non-hydrogen) atoms. The quantitative estimate of drug-likeness (QED) is 0.136. The van der Waals surface area contributed by atoms with Crippen molar-refractivity contribution in [1.29, 1.82) is 0 Å². The van der Waals surface area contributed by atoms with Crippen molar-refractivity contribution in [3.8, 4) is 0 Å². The third kappa shape index (κ3) is 5.98. The van der Waals surface area contributed by atoms with E-state index in [4.69, 9.17) is 24.7 Å². The number of nitrogens with two attached hydrogens (primary N) is 1. The Morgan fingerprint density at radius 1 is 0.773 bits per heavy atom. The fraction of sp³-hybridized carbons (Fsp3) is 0.156. The number of nitrogen functional groups attached to an aromatic ring is 1. The molecule has 1 aliphatic rings. The molecule has 0 spiro atoms. The van der Waals surface area contributed by atoms with E-state index in [9.17, 15) is 14.4 Å². The van der Waals surface area contributed by atoms with Crippen molar-refractivity contribution in [1.82, 2.24) is 14.5 Å². The van der Waals surface area contributed by atoms with E-state index in [2.05, 4.69) is 32.6 Å². The predicted octanol–water partition coefficient (Wildman–Crippen LogP) is 4.82. The molecule has 5 aromatic rings. The molecule has 2 aromatic heterocycles. The summed E-state index contributed by atoms with van der Waals surface area (Å²) in [5.41, 5.74) is 7.49. The molecule has 1 saturated heterocycles. The van der Waals surface area contributed by atoms with Gasteiger partial charge in [-0.05, 0) is 59.0 Å². The van der Waals surface area contributed by atoms with Gasteiger partial charge in [0.1, 0.15) is 30.5 Å². The molecule has 2 N–H and O–H groups in total. The van der Waals surface area contributed by atoms with E-state index in [-0.39, 0.29) is 23.6 Å². The third-order valence-corrected chi connectivity index (χ3v) is 7.86. The lowest BCUT2D eigenvalue weighted by atomic mass is 10.1. The Kier molecular flexibility index (Phi) is 8.52. The van der Waals surface area contributed by atoms with Gasteiger partial charge in [0, 0.05) is 9.77 Å². The van der Waals surface area contributed by atoms with Gasteiger partial charge in [-0.2, -0.15) is 0 Å². The second kappa shape index (κ2) is 12.8. The number of nitrogens with zero attached hydrogens (tertiary/aromatic N) is 3. The first-order valence-electron chi connectivity index (χ1n) is 13.6. The maximum Gasteiger partial charge on any atom is 0.338 e. The normalized spacial score (nSPS) is 19.4. The number of carbonyl (C=O) groups excluding carboxylic acids is 3. The van der Waals surface area contributed by atoms with Crippen molar-refractivity contribution in [2.75, 3.05) is 12.3 Å². The Hall–Kier alpha value is -4.82. The van der Waals surface area contributed by atoms with Crippen LogP contribution in [-0.4, -0.2) is 57.4 Å². The van der Waals surface area contributed by atoms with Crippen LogP contribution in [0.2, 0.25) is 0 Å². The van der Waals surface area contributed by atoms with Gasteiger partial charge in [0.2, 0.25) is 0 Å². The van der Waals surface area contributed by atoms with E-state index < -0.39 is 42.4 Å². The molecule has 0 bridgehead atoms. The van der Waals surface area contributed by atoms with Crippen LogP contribution < -0.4 is 5.73 Å². The van der Waals surface area contributed by atoms with Gasteiger partial charge < -0.3 is 29.2 Å². The molecular weight excluding hydrogens is 679 g/mol. The second-order valence-corrected chi connectivity index (χ2v) is 11.0. The first-order chi connectivity index (χ1) is 21.4. The number of hydrogen-bond acceptors (Lipinski definition) is 10. The minimum atomic E-state index is -1.18. The van der Waals surface area contributed by atoms with E-state index in [1.54, 1.807) is 102 Å². The fourth-order valence-corrected chi connectivity index (χ4v) is 5.75. The number of benzene rings is 3. The summed E-state index contributed by atoms with van der Waals surface area (Å²) in [4.78, 5) is 48.1. The van der Waals surface area contributed by atoms with Crippen molar-refractivity contribution in [3.63, 3.8) is 0 Å². The zero-order valence-electron chi connectivity index (χ0n) is 23.0. The molecule has 3 heterocycles. The summed E-state index contributed by atoms with van der Waals surface area (Å²) >= 11 is 2.10. The number of rotatable bonds is 8. The fourth-order valence-electron chi connectivity index (χ4n) is 4.94. The lowest BCUT2D eigenvalue weighted by Gasteiger charge is -2.25. The minimum Gasteiger partial charge on any atom is -0.459 e. The van der Waals surface area contributed by atoms with Crippen molar-refractivity contribution in [2.24, 2.45) is 0 Å². The van der Waals surface area contributed by atoms with Crippen LogP contribution >= 0.6 is 22.6 Å². The highest BCUT2D eigenvalue weighted by Gasteiger charge is 2.52. The Morgan fingerprint density at radius 2 is 1.30 bits per heavy atom. The first kappa shape index (κ1) is 29.3. The van der Waals surface area contributed by atoms with Crippen molar-refractivity contribution in [2.45, 2.75) is 24.5 Å². The van der Waals surface area contributed by atoms with E-state index in [1.165, 1.54) is 6.33 Å². The number of carbonyl (C=O) groups is 3. The van der Waals surface area contributed by atoms with Crippen LogP contribution in [0, 0.1) is 3.57 Å². The van der Waals surface area contributed by atoms with E-state index in [1.807, 2.05) is 0 Å². The molecule has 222 valence electrons. The maximum atomic E-state index is 13.4. The predicted molar refractivity (Wildman–Crippen MR) is 167 cm³/mol. The highest BCUT2D eigenvalue weighted by Crippen LogP contribution is 2.39. The van der Waals surface area contributed by atoms with Gasteiger partial charge in [-0.15, -0.1) is 0 Å². The summed E-state index contributed by atoms with van der Waals surface area (Å²) in [6, 6.07) is 25.3. The number of anilines is 1. The number of fused-ring (bicyclic) bond motifs is 1. The number of esters is 3. The molecule has 1 fully saturated rings. The van der Waals surface area contributed by atoms with Crippen LogP contribution in [0.25, 0.3) is 11.0 Å². The largest absolute Gasteiger partial charge is 0.459 e. The summed E-state index contributed by atoms with van der Waals surface area (Å²) in [7, 11) is 0. The second-order valence-electron chi connectivity index (χ2n) is 9.84. The molecule has 0 unspecified atom stereocenters. The van der Waals surface area contributed by atoms with E-state index in [0.29, 0.717) is 16.6 Å². The van der Waals surface area contributed by atoms with Gasteiger partial charge in [0.05, 0.1) is 22.1 Å². The summed E-state index contributed by atoms with van der Waals surface area (Å²) in [5, 5.41) is 0.585. The maximum absolute atomic E-state index is 13.4. The zero-order chi connectivity index (χ0) is 30.6. The van der Waals surface area contributed by atoms with Gasteiger partial charge in [-0.1, -0.05) is 54.6 Å². The van der Waals surface area contributed by atoms with Crippen LogP contribution in [0.5, 0.6) is 0 Å². The molecule has 11 nitrogen and oxygen atoms in total. The Bertz CT molecular complexity index is 1800. The lowest BCUT2D eigenvalue weighted by molar-refractivity contribution is -0.0604. The molecule has 0 amide bonds. The number of aromatic nitrogens is 3. The Balaban J connectivity index is 1.39. The smallest absolute Gasteiger partial charge is 0.338 e. The van der Waals surface area contributed by atoms with Crippen LogP contribution in [0.15, 0.2) is 104 Å². The van der Waals surface area contributed by atoms with Gasteiger partial charge in [0.25, 0.3) is 0 Å². The molecule has 12 heteroatoms. The average Bonchev–Trinajstić information content (AvgIpc) is 3.57.